The van der Waals surface area contributed by atoms with E-state index in [0.717, 1.165) is 36.3 Å². The minimum atomic E-state index is -0.0275. The lowest BCUT2D eigenvalue weighted by atomic mass is 9.89. The van der Waals surface area contributed by atoms with Crippen molar-refractivity contribution in [2.75, 3.05) is 21.0 Å². The largest absolute Gasteiger partial charge is 0.467 e. The van der Waals surface area contributed by atoms with Crippen molar-refractivity contribution >= 4 is 19.6 Å². The monoisotopic (exact) mass is 475 g/mol. The van der Waals surface area contributed by atoms with Gasteiger partial charge in [-0.3, -0.25) is 4.99 Å². The minimum Gasteiger partial charge on any atom is -0.467 e. The third-order valence-electron chi connectivity index (χ3n) is 6.43. The van der Waals surface area contributed by atoms with Gasteiger partial charge in [-0.25, -0.2) is 0 Å². The number of benzene rings is 3. The first kappa shape index (κ1) is 26.1. The van der Waals surface area contributed by atoms with Crippen molar-refractivity contribution in [3.05, 3.63) is 94.5 Å². The van der Waals surface area contributed by atoms with Crippen LogP contribution in [0.4, 0.5) is 0 Å². The molecule has 0 heterocycles. The second kappa shape index (κ2) is 12.3. The predicted molar refractivity (Wildman–Crippen MR) is 148 cm³/mol. The average molecular weight is 476 g/mol. The van der Waals surface area contributed by atoms with E-state index in [1.807, 2.05) is 7.05 Å². The molecule has 4 heteroatoms. The summed E-state index contributed by atoms with van der Waals surface area (Å²) in [5.74, 6) is 0.929. The molecule has 0 aliphatic rings. The van der Waals surface area contributed by atoms with Crippen LogP contribution in [0.1, 0.15) is 60.9 Å². The van der Waals surface area contributed by atoms with Crippen molar-refractivity contribution in [1.82, 2.24) is 0 Å². The first-order valence-electron chi connectivity index (χ1n) is 12.1. The molecule has 0 bridgehead atoms. The van der Waals surface area contributed by atoms with E-state index in [1.165, 1.54) is 27.6 Å². The van der Waals surface area contributed by atoms with Gasteiger partial charge >= 0.3 is 0 Å². The van der Waals surface area contributed by atoms with Crippen LogP contribution in [0.3, 0.4) is 0 Å². The van der Waals surface area contributed by atoms with Crippen LogP contribution in [-0.4, -0.2) is 26.7 Å². The van der Waals surface area contributed by atoms with Crippen LogP contribution in [0.15, 0.2) is 71.7 Å². The number of ether oxygens (including phenoxy) is 2. The second-order valence-corrected chi connectivity index (χ2v) is 10.5. The molecule has 0 aliphatic carbocycles. The fourth-order valence-electron chi connectivity index (χ4n) is 4.68. The highest BCUT2D eigenvalue weighted by Crippen LogP contribution is 2.51. The Bertz CT molecular complexity index is 1110. The molecule has 0 amide bonds. The van der Waals surface area contributed by atoms with Crippen LogP contribution in [0.5, 0.6) is 5.75 Å². The van der Waals surface area contributed by atoms with Gasteiger partial charge in [0.25, 0.3) is 0 Å². The summed E-state index contributed by atoms with van der Waals surface area (Å²) in [7, 11) is 4.15. The molecular weight excluding hydrogens is 437 g/mol. The first-order chi connectivity index (χ1) is 16.5. The van der Waals surface area contributed by atoms with E-state index in [1.54, 1.807) is 7.11 Å². The molecule has 0 fully saturated rings. The van der Waals surface area contributed by atoms with E-state index in [9.17, 15) is 0 Å². The molecule has 0 saturated heterocycles. The molecule has 3 rings (SSSR count). The molecule has 0 aromatic heterocycles. The van der Waals surface area contributed by atoms with E-state index in [-0.39, 0.29) is 11.9 Å². The maximum absolute atomic E-state index is 6.09. The standard InChI is InChI=1S/C30H38NO2P/c1-7-19-30(8-2,26-20-22(3)17-18-27(26)33-21-32-6)34-29-23(4)13-12-16-25(29)28(31-5)24-14-10-9-11-15-24/h9-18,20,34H,7-8,19,21H2,1-6H3/b31-28+. The number of aliphatic imine (C=N–C) groups is 1. The molecule has 3 aromatic carbocycles. The summed E-state index contributed by atoms with van der Waals surface area (Å²) in [4.78, 5) is 4.76. The van der Waals surface area contributed by atoms with Gasteiger partial charge in [0.2, 0.25) is 0 Å². The quantitative estimate of drug-likeness (QED) is 0.167. The first-order valence-corrected chi connectivity index (χ1v) is 13.1. The molecular formula is C30H38NO2P. The van der Waals surface area contributed by atoms with Crippen molar-refractivity contribution < 1.29 is 9.47 Å². The zero-order valence-electron chi connectivity index (χ0n) is 21.4. The summed E-state index contributed by atoms with van der Waals surface area (Å²) in [5.41, 5.74) is 7.29. The molecule has 3 aromatic rings. The highest BCUT2D eigenvalue weighted by Gasteiger charge is 2.34. The molecule has 0 N–H and O–H groups in total. The Hall–Kier alpha value is -2.48. The minimum absolute atomic E-state index is 0.0275. The van der Waals surface area contributed by atoms with Crippen molar-refractivity contribution in [3.8, 4) is 5.75 Å². The number of rotatable bonds is 11. The molecule has 34 heavy (non-hydrogen) atoms. The summed E-state index contributed by atoms with van der Waals surface area (Å²) >= 11 is 0. The third kappa shape index (κ3) is 5.77. The van der Waals surface area contributed by atoms with Crippen LogP contribution in [0.25, 0.3) is 0 Å². The molecule has 3 nitrogen and oxygen atoms in total. The van der Waals surface area contributed by atoms with Crippen LogP contribution in [0.2, 0.25) is 0 Å². The SMILES string of the molecule is CCCC(CC)(Pc1c(C)cccc1/C(=N/C)c1ccccc1)c1cc(C)ccc1OCOC. The summed E-state index contributed by atoms with van der Waals surface area (Å²) in [5, 5.41) is 1.36. The van der Waals surface area contributed by atoms with Crippen LogP contribution in [0, 0.1) is 13.8 Å². The second-order valence-electron chi connectivity index (χ2n) is 8.80. The van der Waals surface area contributed by atoms with Gasteiger partial charge in [0.15, 0.2) is 6.79 Å². The number of hydrogen-bond donors (Lipinski definition) is 0. The number of methoxy groups -OCH3 is 1. The lowest BCUT2D eigenvalue weighted by Gasteiger charge is -2.36. The zero-order valence-corrected chi connectivity index (χ0v) is 22.4. The Kier molecular flexibility index (Phi) is 9.45. The Balaban J connectivity index is 2.18. The molecule has 180 valence electrons. The Morgan fingerprint density at radius 3 is 2.38 bits per heavy atom. The van der Waals surface area contributed by atoms with Gasteiger partial charge in [0.05, 0.1) is 5.71 Å². The van der Waals surface area contributed by atoms with E-state index < -0.39 is 0 Å². The molecule has 2 unspecified atom stereocenters. The number of nitrogens with zero attached hydrogens (tertiary/aromatic N) is 1. The maximum Gasteiger partial charge on any atom is 0.188 e. The topological polar surface area (TPSA) is 30.8 Å². The lowest BCUT2D eigenvalue weighted by molar-refractivity contribution is 0.0499. The highest BCUT2D eigenvalue weighted by atomic mass is 31.1. The highest BCUT2D eigenvalue weighted by molar-refractivity contribution is 7.49. The van der Waals surface area contributed by atoms with Crippen LogP contribution < -0.4 is 10.0 Å². The van der Waals surface area contributed by atoms with Crippen molar-refractivity contribution in [2.45, 2.75) is 52.1 Å². The Morgan fingerprint density at radius 1 is 0.971 bits per heavy atom. The summed E-state index contributed by atoms with van der Waals surface area (Å²) in [6.45, 7) is 9.24. The molecule has 0 radical (unpaired) electrons. The average Bonchev–Trinajstić information content (AvgIpc) is 2.86. The maximum atomic E-state index is 6.09. The normalized spacial score (nSPS) is 13.9. The van der Waals surface area contributed by atoms with E-state index in [4.69, 9.17) is 14.5 Å². The summed E-state index contributed by atoms with van der Waals surface area (Å²) in [6, 6.07) is 23.7. The molecule has 0 saturated carbocycles. The summed E-state index contributed by atoms with van der Waals surface area (Å²) in [6.07, 6.45) is 3.23. The Labute approximate surface area is 207 Å². The zero-order chi connectivity index (χ0) is 24.6. The predicted octanol–water partition coefficient (Wildman–Crippen LogP) is 7.16. The molecule has 0 aliphatic heterocycles. The van der Waals surface area contributed by atoms with Gasteiger partial charge < -0.3 is 9.47 Å². The van der Waals surface area contributed by atoms with Crippen LogP contribution in [-0.2, 0) is 9.89 Å². The van der Waals surface area contributed by atoms with Gasteiger partial charge in [-0.05, 0) is 43.6 Å². The van der Waals surface area contributed by atoms with Gasteiger partial charge in [-0.2, -0.15) is 0 Å². The van der Waals surface area contributed by atoms with E-state index in [0.29, 0.717) is 8.58 Å². The van der Waals surface area contributed by atoms with E-state index >= 15 is 0 Å². The van der Waals surface area contributed by atoms with E-state index in [2.05, 4.69) is 94.4 Å². The van der Waals surface area contributed by atoms with Crippen molar-refractivity contribution in [3.63, 3.8) is 0 Å². The molecule has 2 atom stereocenters. The van der Waals surface area contributed by atoms with Crippen LogP contribution >= 0.6 is 8.58 Å². The van der Waals surface area contributed by atoms with Gasteiger partial charge in [-0.15, -0.1) is 0 Å². The smallest absolute Gasteiger partial charge is 0.188 e. The van der Waals surface area contributed by atoms with Gasteiger partial charge in [0.1, 0.15) is 5.75 Å². The fraction of sp³-hybridized carbons (Fsp3) is 0.367. The van der Waals surface area contributed by atoms with Gasteiger partial charge in [-0.1, -0.05) is 95.1 Å². The summed E-state index contributed by atoms with van der Waals surface area (Å²) < 4.78 is 11.3. The Morgan fingerprint density at radius 2 is 1.74 bits per heavy atom. The number of aryl methyl sites for hydroxylation is 2. The fourth-order valence-corrected chi connectivity index (χ4v) is 6.66. The third-order valence-corrected chi connectivity index (χ3v) is 8.69. The van der Waals surface area contributed by atoms with Crippen molar-refractivity contribution in [2.24, 2.45) is 4.99 Å². The lowest BCUT2D eigenvalue weighted by Crippen LogP contribution is -2.27. The van der Waals surface area contributed by atoms with Crippen molar-refractivity contribution in [1.29, 1.82) is 0 Å². The van der Waals surface area contributed by atoms with Gasteiger partial charge in [0, 0.05) is 36.0 Å². The molecule has 0 spiro atoms. The number of hydrogen-bond acceptors (Lipinski definition) is 3.